The van der Waals surface area contributed by atoms with Crippen molar-refractivity contribution < 1.29 is 9.66 Å². The molecule has 114 valence electrons. The lowest BCUT2D eigenvalue weighted by molar-refractivity contribution is -0.384. The summed E-state index contributed by atoms with van der Waals surface area (Å²) in [4.78, 5) is 10.3. The third-order valence-electron chi connectivity index (χ3n) is 3.53. The molecule has 1 heterocycles. The maximum Gasteiger partial charge on any atom is 0.269 e. The highest BCUT2D eigenvalue weighted by molar-refractivity contribution is 6.36. The summed E-state index contributed by atoms with van der Waals surface area (Å²) in [5.74, 6) is 0. The first-order valence-corrected chi connectivity index (χ1v) is 7.39. The number of nitrogens with one attached hydrogen (secondary N) is 1. The van der Waals surface area contributed by atoms with Gasteiger partial charge in [0.25, 0.3) is 5.69 Å². The number of rotatable bonds is 3. The molecule has 5 nitrogen and oxygen atoms in total. The van der Waals surface area contributed by atoms with Crippen LogP contribution in [0.3, 0.4) is 0 Å². The van der Waals surface area contributed by atoms with Crippen molar-refractivity contribution in [3.05, 3.63) is 73.8 Å². The Labute approximate surface area is 137 Å². The molecule has 1 saturated heterocycles. The molecule has 0 bridgehead atoms. The molecule has 0 unspecified atom stereocenters. The van der Waals surface area contributed by atoms with E-state index < -0.39 is 11.2 Å². The second-order valence-electron chi connectivity index (χ2n) is 4.90. The molecular formula is C15H12Cl2N2O3. The van der Waals surface area contributed by atoms with Crippen LogP contribution in [0, 0.1) is 10.1 Å². The van der Waals surface area contributed by atoms with E-state index in [0.29, 0.717) is 22.2 Å². The van der Waals surface area contributed by atoms with Crippen molar-refractivity contribution in [2.24, 2.45) is 0 Å². The van der Waals surface area contributed by atoms with Crippen LogP contribution < -0.4 is 5.32 Å². The number of non-ortho nitro benzene ring substituents is 1. The molecule has 2 atom stereocenters. The van der Waals surface area contributed by atoms with E-state index in [0.717, 1.165) is 5.56 Å². The van der Waals surface area contributed by atoms with Crippen LogP contribution in [0.2, 0.25) is 10.0 Å². The van der Waals surface area contributed by atoms with Crippen LogP contribution in [0.1, 0.15) is 23.5 Å². The highest BCUT2D eigenvalue weighted by Crippen LogP contribution is 2.37. The topological polar surface area (TPSA) is 64.4 Å². The van der Waals surface area contributed by atoms with E-state index in [1.807, 2.05) is 0 Å². The largest absolute Gasteiger partial charge is 0.350 e. The average Bonchev–Trinajstić information content (AvgIpc) is 2.97. The second kappa shape index (κ2) is 6.22. The van der Waals surface area contributed by atoms with Gasteiger partial charge in [0.05, 0.1) is 11.0 Å². The number of ether oxygens (including phenoxy) is 1. The number of nitro groups is 1. The number of benzene rings is 2. The van der Waals surface area contributed by atoms with Crippen LogP contribution in [0.5, 0.6) is 0 Å². The predicted octanol–water partition coefficient (Wildman–Crippen LogP) is 4.26. The van der Waals surface area contributed by atoms with Crippen LogP contribution >= 0.6 is 23.2 Å². The molecule has 22 heavy (non-hydrogen) atoms. The van der Waals surface area contributed by atoms with E-state index in [2.05, 4.69) is 5.32 Å². The van der Waals surface area contributed by atoms with Crippen LogP contribution in [0.15, 0.2) is 42.5 Å². The highest BCUT2D eigenvalue weighted by atomic mass is 35.5. The third kappa shape index (κ3) is 2.94. The maximum atomic E-state index is 10.7. The second-order valence-corrected chi connectivity index (χ2v) is 5.71. The lowest BCUT2D eigenvalue weighted by Crippen LogP contribution is -2.14. The lowest BCUT2D eigenvalue weighted by Gasteiger charge is -2.15. The molecule has 0 aromatic heterocycles. The summed E-state index contributed by atoms with van der Waals surface area (Å²) in [6.07, 6.45) is -0.612. The van der Waals surface area contributed by atoms with Crippen LogP contribution in [0.4, 0.5) is 5.69 Å². The number of hydrogen-bond acceptors (Lipinski definition) is 4. The van der Waals surface area contributed by atoms with Gasteiger partial charge in [0, 0.05) is 34.3 Å². The number of nitro benzene ring substituents is 1. The summed E-state index contributed by atoms with van der Waals surface area (Å²) in [6.45, 7) is 0.573. The molecule has 2 aromatic rings. The summed E-state index contributed by atoms with van der Waals surface area (Å²) >= 11 is 12.4. The Kier molecular flexibility index (Phi) is 4.31. The number of hydrogen-bond donors (Lipinski definition) is 1. The summed E-state index contributed by atoms with van der Waals surface area (Å²) < 4.78 is 5.95. The fourth-order valence-corrected chi connectivity index (χ4v) is 3.01. The Morgan fingerprint density at radius 2 is 1.77 bits per heavy atom. The van der Waals surface area contributed by atoms with Crippen LogP contribution in [-0.2, 0) is 4.74 Å². The van der Waals surface area contributed by atoms with Crippen molar-refractivity contribution in [2.45, 2.75) is 12.3 Å². The Balaban J connectivity index is 1.79. The molecule has 0 aliphatic carbocycles. The predicted molar refractivity (Wildman–Crippen MR) is 84.1 cm³/mol. The van der Waals surface area contributed by atoms with Gasteiger partial charge in [0.15, 0.2) is 0 Å². The Morgan fingerprint density at radius 3 is 2.36 bits per heavy atom. The highest BCUT2D eigenvalue weighted by Gasteiger charge is 2.30. The Morgan fingerprint density at radius 1 is 1.14 bits per heavy atom. The lowest BCUT2D eigenvalue weighted by atomic mass is 10.1. The molecule has 0 saturated carbocycles. The normalized spacial score (nSPS) is 21.0. The van der Waals surface area contributed by atoms with Crippen molar-refractivity contribution in [3.63, 3.8) is 0 Å². The van der Waals surface area contributed by atoms with E-state index in [-0.39, 0.29) is 11.8 Å². The number of halogens is 2. The van der Waals surface area contributed by atoms with Gasteiger partial charge in [-0.3, -0.25) is 15.4 Å². The minimum Gasteiger partial charge on any atom is -0.350 e. The summed E-state index contributed by atoms with van der Waals surface area (Å²) in [7, 11) is 0. The van der Waals surface area contributed by atoms with E-state index in [9.17, 15) is 10.1 Å². The summed E-state index contributed by atoms with van der Waals surface area (Å²) in [5, 5.41) is 15.0. The summed E-state index contributed by atoms with van der Waals surface area (Å²) in [5.41, 5.74) is 1.62. The zero-order valence-corrected chi connectivity index (χ0v) is 12.8. The van der Waals surface area contributed by atoms with Gasteiger partial charge in [-0.15, -0.1) is 0 Å². The van der Waals surface area contributed by atoms with Gasteiger partial charge in [-0.1, -0.05) is 29.3 Å². The minimum atomic E-state index is -0.427. The SMILES string of the molecule is O=[N+]([O-])c1ccc([C@@H]2CN[C@@H](c3c(Cl)cccc3Cl)O2)cc1. The van der Waals surface area contributed by atoms with Crippen LogP contribution in [-0.4, -0.2) is 11.5 Å². The first-order chi connectivity index (χ1) is 10.6. The fourth-order valence-electron chi connectivity index (χ4n) is 2.41. The van der Waals surface area contributed by atoms with Gasteiger partial charge in [-0.05, 0) is 29.8 Å². The summed E-state index contributed by atoms with van der Waals surface area (Å²) in [6, 6.07) is 11.6. The van der Waals surface area contributed by atoms with Crippen molar-refractivity contribution in [1.29, 1.82) is 0 Å². The standard InChI is InChI=1S/C15H12Cl2N2O3/c16-11-2-1-3-12(17)14(11)15-18-8-13(22-15)9-4-6-10(7-5-9)19(20)21/h1-7,13,15,18H,8H2/t13-,15+/m0/s1. The van der Waals surface area contributed by atoms with E-state index in [1.165, 1.54) is 12.1 Å². The molecular weight excluding hydrogens is 327 g/mol. The molecule has 2 aromatic carbocycles. The van der Waals surface area contributed by atoms with Crippen molar-refractivity contribution >= 4 is 28.9 Å². The fraction of sp³-hybridized carbons (Fsp3) is 0.200. The first kappa shape index (κ1) is 15.2. The Bertz CT molecular complexity index is 686. The molecule has 0 spiro atoms. The quantitative estimate of drug-likeness (QED) is 0.670. The molecule has 3 rings (SSSR count). The molecule has 1 N–H and O–H groups in total. The van der Waals surface area contributed by atoms with E-state index in [1.54, 1.807) is 30.3 Å². The third-order valence-corrected chi connectivity index (χ3v) is 4.19. The monoisotopic (exact) mass is 338 g/mol. The zero-order chi connectivity index (χ0) is 15.7. The molecule has 0 radical (unpaired) electrons. The molecule has 1 fully saturated rings. The molecule has 1 aliphatic heterocycles. The Hall–Kier alpha value is -1.66. The minimum absolute atomic E-state index is 0.0559. The average molecular weight is 339 g/mol. The van der Waals surface area contributed by atoms with Crippen LogP contribution in [0.25, 0.3) is 0 Å². The van der Waals surface area contributed by atoms with Crippen molar-refractivity contribution in [3.8, 4) is 0 Å². The maximum absolute atomic E-state index is 10.7. The smallest absolute Gasteiger partial charge is 0.269 e. The van der Waals surface area contributed by atoms with Gasteiger partial charge >= 0.3 is 0 Å². The number of nitrogens with zero attached hydrogens (tertiary/aromatic N) is 1. The van der Waals surface area contributed by atoms with Gasteiger partial charge < -0.3 is 4.74 Å². The van der Waals surface area contributed by atoms with Gasteiger partial charge in [0.1, 0.15) is 6.23 Å². The van der Waals surface area contributed by atoms with Crippen molar-refractivity contribution in [1.82, 2.24) is 5.32 Å². The van der Waals surface area contributed by atoms with Crippen molar-refractivity contribution in [2.75, 3.05) is 6.54 Å². The molecule has 7 heteroatoms. The van der Waals surface area contributed by atoms with E-state index >= 15 is 0 Å². The molecule has 0 amide bonds. The van der Waals surface area contributed by atoms with Gasteiger partial charge in [-0.25, -0.2) is 0 Å². The van der Waals surface area contributed by atoms with E-state index in [4.69, 9.17) is 27.9 Å². The van der Waals surface area contributed by atoms with Gasteiger partial charge in [-0.2, -0.15) is 0 Å². The molecule has 1 aliphatic rings. The zero-order valence-electron chi connectivity index (χ0n) is 11.3. The first-order valence-electron chi connectivity index (χ1n) is 6.63. The van der Waals surface area contributed by atoms with Gasteiger partial charge in [0.2, 0.25) is 0 Å².